The molecule has 0 aliphatic rings. The SMILES string of the molecule is O=C(O)Cc1nc(Br)c(C(F)(F)F)cc1C(F)F. The van der Waals surface area contributed by atoms with Crippen molar-refractivity contribution in [3.8, 4) is 0 Å². The largest absolute Gasteiger partial charge is 0.481 e. The number of alkyl halides is 5. The maximum atomic E-state index is 12.6. The summed E-state index contributed by atoms with van der Waals surface area (Å²) in [5.41, 5.74) is -3.00. The number of aliphatic carboxylic acids is 1. The van der Waals surface area contributed by atoms with Crippen molar-refractivity contribution in [1.82, 2.24) is 4.98 Å². The molecule has 3 nitrogen and oxygen atoms in total. The van der Waals surface area contributed by atoms with E-state index >= 15 is 0 Å². The number of hydrogen-bond acceptors (Lipinski definition) is 2. The second-order valence-electron chi connectivity index (χ2n) is 3.23. The number of pyridine rings is 1. The molecule has 18 heavy (non-hydrogen) atoms. The Morgan fingerprint density at radius 3 is 2.39 bits per heavy atom. The number of aromatic nitrogens is 1. The van der Waals surface area contributed by atoms with E-state index in [2.05, 4.69) is 20.9 Å². The molecule has 0 aliphatic heterocycles. The fourth-order valence-corrected chi connectivity index (χ4v) is 1.77. The molecule has 0 saturated carbocycles. The summed E-state index contributed by atoms with van der Waals surface area (Å²) in [7, 11) is 0. The summed E-state index contributed by atoms with van der Waals surface area (Å²) < 4.78 is 61.8. The van der Waals surface area contributed by atoms with Crippen LogP contribution in [0.25, 0.3) is 0 Å². The van der Waals surface area contributed by atoms with Crippen molar-refractivity contribution in [2.75, 3.05) is 0 Å². The van der Waals surface area contributed by atoms with Crippen molar-refractivity contribution in [2.45, 2.75) is 19.0 Å². The highest BCUT2D eigenvalue weighted by atomic mass is 79.9. The maximum Gasteiger partial charge on any atom is 0.419 e. The molecule has 0 bridgehead atoms. The summed E-state index contributed by atoms with van der Waals surface area (Å²) >= 11 is 2.49. The molecule has 0 saturated heterocycles. The molecular formula is C9H5BrF5NO2. The first-order valence-corrected chi connectivity index (χ1v) is 5.18. The molecule has 1 N–H and O–H groups in total. The zero-order valence-corrected chi connectivity index (χ0v) is 10.0. The van der Waals surface area contributed by atoms with Gasteiger partial charge in [0, 0.05) is 5.56 Å². The first-order chi connectivity index (χ1) is 8.12. The van der Waals surface area contributed by atoms with E-state index in [0.29, 0.717) is 0 Å². The Labute approximate surface area is 106 Å². The minimum absolute atomic E-state index is 0.208. The number of hydrogen-bond donors (Lipinski definition) is 1. The first kappa shape index (κ1) is 14.8. The van der Waals surface area contributed by atoms with Crippen LogP contribution in [0.5, 0.6) is 0 Å². The quantitative estimate of drug-likeness (QED) is 0.681. The van der Waals surface area contributed by atoms with Gasteiger partial charge >= 0.3 is 12.1 Å². The molecule has 0 aromatic carbocycles. The maximum absolute atomic E-state index is 12.6. The lowest BCUT2D eigenvalue weighted by atomic mass is 10.1. The lowest BCUT2D eigenvalue weighted by Gasteiger charge is -2.13. The van der Waals surface area contributed by atoms with Gasteiger partial charge in [0.15, 0.2) is 0 Å². The molecule has 1 heterocycles. The number of carbonyl (C=O) groups is 1. The lowest BCUT2D eigenvalue weighted by Crippen LogP contribution is -2.13. The fourth-order valence-electron chi connectivity index (χ4n) is 1.21. The molecular weight excluding hydrogens is 329 g/mol. The Morgan fingerprint density at radius 2 is 2.00 bits per heavy atom. The lowest BCUT2D eigenvalue weighted by molar-refractivity contribution is -0.138. The molecule has 9 heteroatoms. The smallest absolute Gasteiger partial charge is 0.419 e. The summed E-state index contributed by atoms with van der Waals surface area (Å²) in [4.78, 5) is 13.7. The summed E-state index contributed by atoms with van der Waals surface area (Å²) in [5, 5.41) is 8.47. The Hall–Kier alpha value is -1.25. The molecule has 0 unspecified atom stereocenters. The Kier molecular flexibility index (Phi) is 4.25. The molecule has 0 spiro atoms. The van der Waals surface area contributed by atoms with Gasteiger partial charge in [-0.15, -0.1) is 0 Å². The third-order valence-electron chi connectivity index (χ3n) is 1.95. The average Bonchev–Trinajstić information content (AvgIpc) is 2.13. The zero-order valence-electron chi connectivity index (χ0n) is 8.43. The highest BCUT2D eigenvalue weighted by molar-refractivity contribution is 9.10. The summed E-state index contributed by atoms with van der Waals surface area (Å²) in [6.45, 7) is 0. The molecule has 0 amide bonds. The standard InChI is InChI=1S/C9H5BrF5NO2/c10-7-4(9(13,14)15)1-3(8(11)12)5(16-7)2-6(17)18/h1,8H,2H2,(H,17,18). The summed E-state index contributed by atoms with van der Waals surface area (Å²) in [6.07, 6.45) is -8.96. The molecule has 0 atom stereocenters. The highest BCUT2D eigenvalue weighted by Gasteiger charge is 2.35. The molecule has 1 aromatic heterocycles. The predicted molar refractivity (Wildman–Crippen MR) is 53.2 cm³/mol. The van der Waals surface area contributed by atoms with Gasteiger partial charge in [0.2, 0.25) is 0 Å². The van der Waals surface area contributed by atoms with Crippen LogP contribution in [-0.4, -0.2) is 16.1 Å². The van der Waals surface area contributed by atoms with Crippen LogP contribution in [-0.2, 0) is 17.4 Å². The van der Waals surface area contributed by atoms with Gasteiger partial charge in [-0.05, 0) is 22.0 Å². The second-order valence-corrected chi connectivity index (χ2v) is 3.98. The van der Waals surface area contributed by atoms with E-state index in [1.165, 1.54) is 0 Å². The van der Waals surface area contributed by atoms with Crippen LogP contribution in [0.15, 0.2) is 10.7 Å². The summed E-state index contributed by atoms with van der Waals surface area (Å²) in [5.74, 6) is -1.46. The van der Waals surface area contributed by atoms with Gasteiger partial charge in [0.05, 0.1) is 17.7 Å². The molecule has 1 aromatic rings. The van der Waals surface area contributed by atoms with Gasteiger partial charge in [-0.25, -0.2) is 13.8 Å². The van der Waals surface area contributed by atoms with Crippen molar-refractivity contribution in [2.24, 2.45) is 0 Å². The topological polar surface area (TPSA) is 50.2 Å². The minimum atomic E-state index is -4.85. The molecule has 0 radical (unpaired) electrons. The minimum Gasteiger partial charge on any atom is -0.481 e. The third kappa shape index (κ3) is 3.37. The van der Waals surface area contributed by atoms with Gasteiger partial charge < -0.3 is 5.11 Å². The first-order valence-electron chi connectivity index (χ1n) is 4.39. The van der Waals surface area contributed by atoms with Crippen LogP contribution >= 0.6 is 15.9 Å². The molecule has 0 fully saturated rings. The second kappa shape index (κ2) is 5.17. The van der Waals surface area contributed by atoms with E-state index in [4.69, 9.17) is 5.11 Å². The molecule has 1 rings (SSSR count). The average molecular weight is 334 g/mol. The Morgan fingerprint density at radius 1 is 1.44 bits per heavy atom. The van der Waals surface area contributed by atoms with Gasteiger partial charge in [-0.3, -0.25) is 4.79 Å². The van der Waals surface area contributed by atoms with Crippen LogP contribution in [0, 0.1) is 0 Å². The fraction of sp³-hybridized carbons (Fsp3) is 0.333. The van der Waals surface area contributed by atoms with Crippen molar-refractivity contribution >= 4 is 21.9 Å². The van der Waals surface area contributed by atoms with E-state index < -0.39 is 46.4 Å². The Bertz CT molecular complexity index is 475. The monoisotopic (exact) mass is 333 g/mol. The van der Waals surface area contributed by atoms with Gasteiger partial charge in [-0.2, -0.15) is 13.2 Å². The Balaban J connectivity index is 3.39. The molecule has 100 valence electrons. The van der Waals surface area contributed by atoms with Crippen molar-refractivity contribution in [3.05, 3.63) is 27.5 Å². The van der Waals surface area contributed by atoms with Crippen LogP contribution in [0.2, 0.25) is 0 Å². The van der Waals surface area contributed by atoms with Gasteiger partial charge in [0.25, 0.3) is 6.43 Å². The number of nitrogens with zero attached hydrogens (tertiary/aromatic N) is 1. The highest BCUT2D eigenvalue weighted by Crippen LogP contribution is 2.37. The van der Waals surface area contributed by atoms with E-state index in [9.17, 15) is 26.7 Å². The van der Waals surface area contributed by atoms with E-state index in [-0.39, 0.29) is 6.07 Å². The number of carboxylic acids is 1. The normalized spacial score (nSPS) is 11.9. The van der Waals surface area contributed by atoms with Crippen molar-refractivity contribution < 1.29 is 31.9 Å². The van der Waals surface area contributed by atoms with Crippen LogP contribution in [0.3, 0.4) is 0 Å². The van der Waals surface area contributed by atoms with E-state index in [0.717, 1.165) is 0 Å². The number of halogens is 6. The number of rotatable bonds is 3. The van der Waals surface area contributed by atoms with Gasteiger partial charge in [0.1, 0.15) is 4.60 Å². The third-order valence-corrected chi connectivity index (χ3v) is 2.55. The van der Waals surface area contributed by atoms with Crippen molar-refractivity contribution in [3.63, 3.8) is 0 Å². The van der Waals surface area contributed by atoms with Crippen molar-refractivity contribution in [1.29, 1.82) is 0 Å². The predicted octanol–water partition coefficient (Wildman–Crippen LogP) is 3.43. The number of carboxylic acid groups (broad SMARTS) is 1. The van der Waals surface area contributed by atoms with E-state index in [1.807, 2.05) is 0 Å². The summed E-state index contributed by atoms with van der Waals surface area (Å²) in [6, 6.07) is 0.208. The van der Waals surface area contributed by atoms with Crippen LogP contribution < -0.4 is 0 Å². The zero-order chi connectivity index (χ0) is 14.1. The van der Waals surface area contributed by atoms with E-state index in [1.54, 1.807) is 0 Å². The van der Waals surface area contributed by atoms with Crippen LogP contribution in [0.1, 0.15) is 23.2 Å². The van der Waals surface area contributed by atoms with Gasteiger partial charge in [-0.1, -0.05) is 0 Å². The molecule has 0 aliphatic carbocycles. The van der Waals surface area contributed by atoms with Crippen LogP contribution in [0.4, 0.5) is 22.0 Å².